The molecule has 21 heavy (non-hydrogen) atoms. The summed E-state index contributed by atoms with van der Waals surface area (Å²) >= 11 is 1.70. The third kappa shape index (κ3) is 4.88. The molecular weight excluding hydrogens is 280 g/mol. The highest BCUT2D eigenvalue weighted by atomic mass is 32.1. The predicted molar refractivity (Wildman–Crippen MR) is 92.6 cm³/mol. The Morgan fingerprint density at radius 1 is 1.24 bits per heavy atom. The van der Waals surface area contributed by atoms with E-state index in [1.54, 1.807) is 11.3 Å². The van der Waals surface area contributed by atoms with Crippen LogP contribution in [0.15, 0.2) is 18.2 Å². The zero-order chi connectivity index (χ0) is 15.2. The average Bonchev–Trinajstić information content (AvgIpc) is 2.80. The number of ether oxygens (including phenoxy) is 1. The van der Waals surface area contributed by atoms with Gasteiger partial charge in [0.15, 0.2) is 5.13 Å². The number of hydrogen-bond donors (Lipinski definition) is 1. The van der Waals surface area contributed by atoms with Gasteiger partial charge in [-0.2, -0.15) is 0 Å². The van der Waals surface area contributed by atoms with Gasteiger partial charge in [0.25, 0.3) is 0 Å². The average molecular weight is 306 g/mol. The fourth-order valence-corrected chi connectivity index (χ4v) is 3.34. The maximum absolute atomic E-state index is 5.54. The Labute approximate surface area is 131 Å². The summed E-state index contributed by atoms with van der Waals surface area (Å²) in [5.41, 5.74) is 1.04. The molecule has 1 unspecified atom stereocenters. The number of fused-ring (bicyclic) bond motifs is 1. The van der Waals surface area contributed by atoms with Crippen molar-refractivity contribution in [2.45, 2.75) is 53.0 Å². The minimum Gasteiger partial charge on any atom is -0.494 e. The molecule has 116 valence electrons. The molecule has 1 atom stereocenters. The van der Waals surface area contributed by atoms with Gasteiger partial charge in [-0.25, -0.2) is 4.98 Å². The molecule has 0 fully saturated rings. The molecule has 1 aromatic heterocycles. The second kappa shape index (κ2) is 7.64. The third-order valence-electron chi connectivity index (χ3n) is 3.46. The first-order valence-electron chi connectivity index (χ1n) is 7.88. The number of nitrogens with one attached hydrogen (secondary N) is 1. The van der Waals surface area contributed by atoms with Crippen LogP contribution >= 0.6 is 11.3 Å². The lowest BCUT2D eigenvalue weighted by Gasteiger charge is -2.13. The number of benzene rings is 1. The quantitative estimate of drug-likeness (QED) is 0.716. The summed E-state index contributed by atoms with van der Waals surface area (Å²) in [5, 5.41) is 4.53. The highest BCUT2D eigenvalue weighted by molar-refractivity contribution is 7.22. The Hall–Kier alpha value is -1.29. The number of nitrogens with zero attached hydrogens (tertiary/aromatic N) is 1. The van der Waals surface area contributed by atoms with Crippen LogP contribution in [0.2, 0.25) is 0 Å². The van der Waals surface area contributed by atoms with E-state index in [9.17, 15) is 0 Å². The van der Waals surface area contributed by atoms with Gasteiger partial charge in [0.2, 0.25) is 0 Å². The largest absolute Gasteiger partial charge is 0.494 e. The molecule has 2 aromatic rings. The van der Waals surface area contributed by atoms with Gasteiger partial charge in [-0.05, 0) is 44.4 Å². The van der Waals surface area contributed by atoms with Gasteiger partial charge in [-0.3, -0.25) is 0 Å². The molecule has 0 bridgehead atoms. The molecule has 0 aliphatic heterocycles. The maximum atomic E-state index is 5.54. The lowest BCUT2D eigenvalue weighted by Crippen LogP contribution is -2.14. The lowest BCUT2D eigenvalue weighted by molar-refractivity contribution is 0.341. The van der Waals surface area contributed by atoms with Crippen molar-refractivity contribution in [3.63, 3.8) is 0 Å². The maximum Gasteiger partial charge on any atom is 0.184 e. The second-order valence-corrected chi connectivity index (χ2v) is 6.98. The van der Waals surface area contributed by atoms with Crippen LogP contribution in [0.3, 0.4) is 0 Å². The van der Waals surface area contributed by atoms with Crippen molar-refractivity contribution in [2.75, 3.05) is 11.9 Å². The first kappa shape index (κ1) is 16.1. The Morgan fingerprint density at radius 2 is 2.05 bits per heavy atom. The number of thiazole rings is 1. The second-order valence-electron chi connectivity index (χ2n) is 5.95. The molecule has 0 amide bonds. The Morgan fingerprint density at radius 3 is 2.76 bits per heavy atom. The van der Waals surface area contributed by atoms with Gasteiger partial charge < -0.3 is 10.1 Å². The number of hydrogen-bond acceptors (Lipinski definition) is 4. The first-order valence-corrected chi connectivity index (χ1v) is 8.70. The summed E-state index contributed by atoms with van der Waals surface area (Å²) in [7, 11) is 0. The van der Waals surface area contributed by atoms with Crippen molar-refractivity contribution in [2.24, 2.45) is 5.92 Å². The monoisotopic (exact) mass is 306 g/mol. The molecule has 1 aromatic carbocycles. The third-order valence-corrected chi connectivity index (χ3v) is 4.41. The van der Waals surface area contributed by atoms with Crippen molar-refractivity contribution >= 4 is 26.7 Å². The molecule has 2 rings (SSSR count). The summed E-state index contributed by atoms with van der Waals surface area (Å²) < 4.78 is 6.72. The topological polar surface area (TPSA) is 34.1 Å². The van der Waals surface area contributed by atoms with Crippen molar-refractivity contribution in [1.29, 1.82) is 0 Å². The summed E-state index contributed by atoms with van der Waals surface area (Å²) in [5.74, 6) is 1.71. The zero-order valence-electron chi connectivity index (χ0n) is 13.5. The van der Waals surface area contributed by atoms with E-state index in [4.69, 9.17) is 4.74 Å². The molecule has 4 heteroatoms. The van der Waals surface area contributed by atoms with E-state index < -0.39 is 0 Å². The van der Waals surface area contributed by atoms with E-state index in [2.05, 4.69) is 37.1 Å². The molecule has 1 N–H and O–H groups in total. The highest BCUT2D eigenvalue weighted by Gasteiger charge is 2.08. The first-order chi connectivity index (χ1) is 10.1. The minimum absolute atomic E-state index is 0.468. The van der Waals surface area contributed by atoms with Gasteiger partial charge in [0.05, 0.1) is 16.8 Å². The molecule has 0 radical (unpaired) electrons. The molecule has 0 aliphatic carbocycles. The minimum atomic E-state index is 0.468. The molecule has 1 heterocycles. The number of anilines is 1. The summed E-state index contributed by atoms with van der Waals surface area (Å²) in [6, 6.07) is 6.56. The van der Waals surface area contributed by atoms with Crippen LogP contribution < -0.4 is 10.1 Å². The Balaban J connectivity index is 1.95. The molecular formula is C17H26N2OS. The van der Waals surface area contributed by atoms with Crippen LogP contribution in [0.25, 0.3) is 10.2 Å². The van der Waals surface area contributed by atoms with Crippen LogP contribution in [0.5, 0.6) is 5.75 Å². The van der Waals surface area contributed by atoms with Crippen molar-refractivity contribution in [3.8, 4) is 5.75 Å². The highest BCUT2D eigenvalue weighted by Crippen LogP contribution is 2.30. The molecule has 0 spiro atoms. The van der Waals surface area contributed by atoms with Gasteiger partial charge in [-0.1, -0.05) is 38.0 Å². The van der Waals surface area contributed by atoms with Crippen LogP contribution in [0.1, 0.15) is 47.0 Å². The van der Waals surface area contributed by atoms with E-state index in [0.29, 0.717) is 12.6 Å². The van der Waals surface area contributed by atoms with Crippen molar-refractivity contribution in [1.82, 2.24) is 4.98 Å². The van der Waals surface area contributed by atoms with E-state index in [0.717, 1.165) is 22.3 Å². The van der Waals surface area contributed by atoms with Crippen LogP contribution in [0.4, 0.5) is 5.13 Å². The van der Waals surface area contributed by atoms with Crippen LogP contribution in [-0.4, -0.2) is 17.6 Å². The molecule has 0 saturated carbocycles. The number of rotatable bonds is 8. The van der Waals surface area contributed by atoms with Gasteiger partial charge >= 0.3 is 0 Å². The summed E-state index contributed by atoms with van der Waals surface area (Å²) in [4.78, 5) is 4.65. The fraction of sp³-hybridized carbons (Fsp3) is 0.588. The Bertz CT molecular complexity index is 565. The molecule has 0 saturated heterocycles. The predicted octanol–water partition coefficient (Wildman–Crippen LogP) is 5.32. The van der Waals surface area contributed by atoms with Gasteiger partial charge in [-0.15, -0.1) is 0 Å². The smallest absolute Gasteiger partial charge is 0.184 e. The summed E-state index contributed by atoms with van der Waals surface area (Å²) in [6.45, 7) is 9.49. The molecule has 3 nitrogen and oxygen atoms in total. The van der Waals surface area contributed by atoms with E-state index in [-0.39, 0.29) is 0 Å². The van der Waals surface area contributed by atoms with Gasteiger partial charge in [0, 0.05) is 6.04 Å². The molecule has 0 aliphatic rings. The van der Waals surface area contributed by atoms with Crippen molar-refractivity contribution in [3.05, 3.63) is 18.2 Å². The van der Waals surface area contributed by atoms with Gasteiger partial charge in [0.1, 0.15) is 5.75 Å². The van der Waals surface area contributed by atoms with Crippen LogP contribution in [0, 0.1) is 5.92 Å². The fourth-order valence-electron chi connectivity index (χ4n) is 2.34. The van der Waals surface area contributed by atoms with Crippen molar-refractivity contribution < 1.29 is 4.74 Å². The standard InChI is InChI=1S/C17H26N2OS/c1-5-20-14-9-10-15-16(11-14)21-17(19-15)18-13(4)8-6-7-12(2)3/h9-13H,5-8H2,1-4H3,(H,18,19). The van der Waals surface area contributed by atoms with E-state index in [1.807, 2.05) is 19.1 Å². The van der Waals surface area contributed by atoms with E-state index >= 15 is 0 Å². The normalized spacial score (nSPS) is 12.8. The summed E-state index contributed by atoms with van der Waals surface area (Å²) in [6.07, 6.45) is 3.76. The Kier molecular flexibility index (Phi) is 5.85. The SMILES string of the molecule is CCOc1ccc2nc(NC(C)CCCC(C)C)sc2c1. The number of aromatic nitrogens is 1. The lowest BCUT2D eigenvalue weighted by atomic mass is 10.0. The zero-order valence-corrected chi connectivity index (χ0v) is 14.3. The van der Waals surface area contributed by atoms with Crippen LogP contribution in [-0.2, 0) is 0 Å². The van der Waals surface area contributed by atoms with E-state index in [1.165, 1.54) is 24.0 Å².